The molecule has 2 aliphatic rings. The minimum absolute atomic E-state index is 0.0877. The molecule has 0 saturated carbocycles. The van der Waals surface area contributed by atoms with E-state index in [1.54, 1.807) is 4.90 Å². The molecule has 6 heteroatoms. The van der Waals surface area contributed by atoms with Gasteiger partial charge in [0.15, 0.2) is 0 Å². The molecule has 2 saturated heterocycles. The largest absolute Gasteiger partial charge is 0.380 e. The first-order valence-electron chi connectivity index (χ1n) is 9.67. The van der Waals surface area contributed by atoms with Gasteiger partial charge in [-0.3, -0.25) is 14.7 Å². The van der Waals surface area contributed by atoms with Crippen molar-refractivity contribution in [3.8, 4) is 6.07 Å². The fourth-order valence-corrected chi connectivity index (χ4v) is 4.18. The molecule has 0 bridgehead atoms. The van der Waals surface area contributed by atoms with Gasteiger partial charge in [0.05, 0.1) is 18.1 Å². The number of carbonyl (C=O) groups is 1. The van der Waals surface area contributed by atoms with Gasteiger partial charge in [-0.1, -0.05) is 11.6 Å². The predicted molar refractivity (Wildman–Crippen MR) is 105 cm³/mol. The minimum atomic E-state index is -0.236. The van der Waals surface area contributed by atoms with Crippen LogP contribution in [0.15, 0.2) is 30.5 Å². The van der Waals surface area contributed by atoms with Crippen LogP contribution in [-0.2, 0) is 4.79 Å². The first kappa shape index (κ1) is 17.7. The fraction of sp³-hybridized carbons (Fsp3) is 0.476. The number of nitrogens with zero attached hydrogens (tertiary/aromatic N) is 4. The second-order valence-electron chi connectivity index (χ2n) is 7.62. The van der Waals surface area contributed by atoms with E-state index in [2.05, 4.69) is 46.4 Å². The second-order valence-corrected chi connectivity index (χ2v) is 7.62. The molecule has 0 spiro atoms. The van der Waals surface area contributed by atoms with Crippen LogP contribution in [0.5, 0.6) is 0 Å². The third kappa shape index (κ3) is 3.74. The number of hydrogen-bond acceptors (Lipinski definition) is 5. The molecule has 1 N–H and O–H groups in total. The van der Waals surface area contributed by atoms with Gasteiger partial charge in [0.1, 0.15) is 6.04 Å². The number of aromatic nitrogens is 1. The number of fused-ring (bicyclic) bond motifs is 1. The van der Waals surface area contributed by atoms with Crippen molar-refractivity contribution in [2.75, 3.05) is 31.5 Å². The lowest BCUT2D eigenvalue weighted by Gasteiger charge is -2.23. The SMILES string of the molecule is Cc1ccc2nccc(N[C@@H]3CCN(CC(=O)N4CCCC4C#N)C3)c2c1. The van der Waals surface area contributed by atoms with Gasteiger partial charge in [0, 0.05) is 42.9 Å². The van der Waals surface area contributed by atoms with Crippen LogP contribution in [0.2, 0.25) is 0 Å². The number of benzene rings is 1. The first-order chi connectivity index (χ1) is 13.1. The maximum absolute atomic E-state index is 12.6. The maximum Gasteiger partial charge on any atom is 0.237 e. The van der Waals surface area contributed by atoms with Crippen LogP contribution in [-0.4, -0.2) is 59.0 Å². The summed E-state index contributed by atoms with van der Waals surface area (Å²) < 4.78 is 0. The standard InChI is InChI=1S/C21H25N5O/c1-15-4-5-19-18(11-15)20(6-8-23-19)24-16-7-10-25(13-16)14-21(27)26-9-2-3-17(26)12-22/h4-6,8,11,16-17H,2-3,7,9-10,13-14H2,1H3,(H,23,24)/t16-,17?/m1/s1. The number of anilines is 1. The van der Waals surface area contributed by atoms with Gasteiger partial charge in [0.25, 0.3) is 0 Å². The number of aryl methyl sites for hydroxylation is 1. The number of pyridine rings is 1. The van der Waals surface area contributed by atoms with Crippen molar-refractivity contribution < 1.29 is 4.79 Å². The Labute approximate surface area is 159 Å². The molecule has 1 amide bonds. The zero-order valence-electron chi connectivity index (χ0n) is 15.7. The number of carbonyl (C=O) groups excluding carboxylic acids is 1. The molecule has 4 rings (SSSR count). The van der Waals surface area contributed by atoms with Crippen LogP contribution in [0.25, 0.3) is 10.9 Å². The monoisotopic (exact) mass is 363 g/mol. The molecule has 2 atom stereocenters. The van der Waals surface area contributed by atoms with Gasteiger partial charge in [0.2, 0.25) is 5.91 Å². The zero-order chi connectivity index (χ0) is 18.8. The van der Waals surface area contributed by atoms with E-state index < -0.39 is 0 Å². The highest BCUT2D eigenvalue weighted by Gasteiger charge is 2.31. The molecule has 0 aliphatic carbocycles. The number of nitriles is 1. The van der Waals surface area contributed by atoms with E-state index in [0.29, 0.717) is 12.6 Å². The Bertz CT molecular complexity index is 890. The molecule has 6 nitrogen and oxygen atoms in total. The molecule has 27 heavy (non-hydrogen) atoms. The average molecular weight is 363 g/mol. The van der Waals surface area contributed by atoms with E-state index in [-0.39, 0.29) is 11.9 Å². The molecule has 140 valence electrons. The van der Waals surface area contributed by atoms with Gasteiger partial charge >= 0.3 is 0 Å². The summed E-state index contributed by atoms with van der Waals surface area (Å²) in [6.45, 7) is 4.95. The molecule has 0 radical (unpaired) electrons. The normalized spacial score (nSPS) is 22.9. The van der Waals surface area contributed by atoms with E-state index in [0.717, 1.165) is 55.5 Å². The number of rotatable bonds is 4. The predicted octanol–water partition coefficient (Wildman–Crippen LogP) is 2.54. The number of nitrogens with one attached hydrogen (secondary N) is 1. The van der Waals surface area contributed by atoms with Crippen LogP contribution in [0.4, 0.5) is 5.69 Å². The van der Waals surface area contributed by atoms with Crippen LogP contribution in [0.1, 0.15) is 24.8 Å². The highest BCUT2D eigenvalue weighted by Crippen LogP contribution is 2.25. The number of amides is 1. The topological polar surface area (TPSA) is 72.3 Å². The van der Waals surface area contributed by atoms with Crippen molar-refractivity contribution in [3.05, 3.63) is 36.0 Å². The van der Waals surface area contributed by atoms with Crippen LogP contribution >= 0.6 is 0 Å². The molecule has 2 aliphatic heterocycles. The van der Waals surface area contributed by atoms with E-state index in [1.807, 2.05) is 12.3 Å². The van der Waals surface area contributed by atoms with E-state index in [1.165, 1.54) is 5.56 Å². The summed E-state index contributed by atoms with van der Waals surface area (Å²) in [6, 6.07) is 10.6. The lowest BCUT2D eigenvalue weighted by atomic mass is 10.1. The Kier molecular flexibility index (Phi) is 4.95. The molecular weight excluding hydrogens is 338 g/mol. The Morgan fingerprint density at radius 3 is 3.07 bits per heavy atom. The Hall–Kier alpha value is -2.65. The third-order valence-electron chi connectivity index (χ3n) is 5.61. The molecular formula is C21H25N5O. The Morgan fingerprint density at radius 2 is 2.22 bits per heavy atom. The first-order valence-corrected chi connectivity index (χ1v) is 9.67. The van der Waals surface area contributed by atoms with Crippen LogP contribution in [0.3, 0.4) is 0 Å². The van der Waals surface area contributed by atoms with Crippen LogP contribution in [0, 0.1) is 18.3 Å². The summed E-state index contributed by atoms with van der Waals surface area (Å²) in [4.78, 5) is 20.9. The number of hydrogen-bond donors (Lipinski definition) is 1. The number of likely N-dealkylation sites (tertiary alicyclic amines) is 2. The molecule has 2 aromatic rings. The molecule has 2 fully saturated rings. The van der Waals surface area contributed by atoms with Crippen molar-refractivity contribution in [2.45, 2.75) is 38.3 Å². The van der Waals surface area contributed by atoms with Gasteiger partial charge in [-0.05, 0) is 44.4 Å². The quantitative estimate of drug-likeness (QED) is 0.904. The zero-order valence-corrected chi connectivity index (χ0v) is 15.7. The van der Waals surface area contributed by atoms with Gasteiger partial charge in [-0.2, -0.15) is 5.26 Å². The summed E-state index contributed by atoms with van der Waals surface area (Å²) >= 11 is 0. The van der Waals surface area contributed by atoms with Crippen molar-refractivity contribution in [1.82, 2.24) is 14.8 Å². The average Bonchev–Trinajstić information content (AvgIpc) is 3.31. The Balaban J connectivity index is 1.38. The summed E-state index contributed by atoms with van der Waals surface area (Å²) in [5.41, 5.74) is 3.31. The molecule has 1 aromatic heterocycles. The molecule has 1 unspecified atom stereocenters. The lowest BCUT2D eigenvalue weighted by Crippen LogP contribution is -2.42. The highest BCUT2D eigenvalue weighted by molar-refractivity contribution is 5.91. The van der Waals surface area contributed by atoms with E-state index in [9.17, 15) is 10.1 Å². The van der Waals surface area contributed by atoms with E-state index in [4.69, 9.17) is 0 Å². The summed E-state index contributed by atoms with van der Waals surface area (Å²) in [5.74, 6) is 0.0877. The van der Waals surface area contributed by atoms with Crippen molar-refractivity contribution >= 4 is 22.5 Å². The maximum atomic E-state index is 12.6. The van der Waals surface area contributed by atoms with Gasteiger partial charge < -0.3 is 10.2 Å². The Morgan fingerprint density at radius 1 is 1.33 bits per heavy atom. The second kappa shape index (κ2) is 7.53. The van der Waals surface area contributed by atoms with Crippen LogP contribution < -0.4 is 5.32 Å². The molecule has 1 aromatic carbocycles. The van der Waals surface area contributed by atoms with Crippen molar-refractivity contribution in [1.29, 1.82) is 5.26 Å². The summed E-state index contributed by atoms with van der Waals surface area (Å²) in [6.07, 6.45) is 4.58. The van der Waals surface area contributed by atoms with Gasteiger partial charge in [-0.15, -0.1) is 0 Å². The highest BCUT2D eigenvalue weighted by atomic mass is 16.2. The fourth-order valence-electron chi connectivity index (χ4n) is 4.18. The third-order valence-corrected chi connectivity index (χ3v) is 5.61. The van der Waals surface area contributed by atoms with Crippen molar-refractivity contribution in [3.63, 3.8) is 0 Å². The van der Waals surface area contributed by atoms with Gasteiger partial charge in [-0.25, -0.2) is 0 Å². The summed E-state index contributed by atoms with van der Waals surface area (Å²) in [7, 11) is 0. The minimum Gasteiger partial charge on any atom is -0.380 e. The molecule has 3 heterocycles. The summed E-state index contributed by atoms with van der Waals surface area (Å²) in [5, 5.41) is 14.0. The van der Waals surface area contributed by atoms with E-state index >= 15 is 0 Å². The smallest absolute Gasteiger partial charge is 0.237 e. The van der Waals surface area contributed by atoms with Crippen molar-refractivity contribution in [2.24, 2.45) is 0 Å². The lowest BCUT2D eigenvalue weighted by molar-refractivity contribution is -0.132.